The first-order valence-corrected chi connectivity index (χ1v) is 5.20. The molecule has 76 valence electrons. The van der Waals surface area contributed by atoms with Crippen molar-refractivity contribution >= 4 is 5.69 Å². The number of hydrogen-bond donors (Lipinski definition) is 1. The van der Waals surface area contributed by atoms with E-state index in [-0.39, 0.29) is 0 Å². The Labute approximate surface area is 85.1 Å². The summed E-state index contributed by atoms with van der Waals surface area (Å²) in [6.45, 7) is 2.39. The molecule has 0 saturated carbocycles. The molecule has 3 nitrogen and oxygen atoms in total. The molecule has 1 aliphatic heterocycles. The molecule has 1 aromatic heterocycles. The molecule has 0 aromatic carbocycles. The zero-order valence-corrected chi connectivity index (χ0v) is 8.61. The van der Waals surface area contributed by atoms with E-state index in [1.54, 1.807) is 0 Å². The molecule has 1 aromatic rings. The predicted octanol–water partition coefficient (Wildman–Crippen LogP) is 1.59. The molecule has 1 fully saturated rings. The van der Waals surface area contributed by atoms with Crippen molar-refractivity contribution in [3.8, 4) is 0 Å². The quantitative estimate of drug-likeness (QED) is 0.769. The molecule has 0 bridgehead atoms. The van der Waals surface area contributed by atoms with E-state index in [0.29, 0.717) is 6.04 Å². The Kier molecular flexibility index (Phi) is 2.99. The van der Waals surface area contributed by atoms with Crippen molar-refractivity contribution in [3.63, 3.8) is 0 Å². The lowest BCUT2D eigenvalue weighted by Crippen LogP contribution is -2.36. The summed E-state index contributed by atoms with van der Waals surface area (Å²) in [5.41, 5.74) is 1.19. The number of nitrogens with one attached hydrogen (secondary N) is 1. The molecule has 1 saturated heterocycles. The van der Waals surface area contributed by atoms with Crippen LogP contribution in [-0.2, 0) is 0 Å². The van der Waals surface area contributed by atoms with Crippen LogP contribution in [0.2, 0.25) is 0 Å². The fourth-order valence-corrected chi connectivity index (χ4v) is 1.84. The highest BCUT2D eigenvalue weighted by Gasteiger charge is 2.15. The molecule has 14 heavy (non-hydrogen) atoms. The van der Waals surface area contributed by atoms with Gasteiger partial charge in [0.1, 0.15) is 0 Å². The lowest BCUT2D eigenvalue weighted by molar-refractivity contribution is 0.264. The van der Waals surface area contributed by atoms with E-state index in [1.165, 1.54) is 31.6 Å². The Bertz CT molecular complexity index is 265. The van der Waals surface area contributed by atoms with Gasteiger partial charge in [0.2, 0.25) is 0 Å². The highest BCUT2D eigenvalue weighted by molar-refractivity contribution is 5.41. The molecule has 2 rings (SSSR count). The van der Waals surface area contributed by atoms with Crippen molar-refractivity contribution in [3.05, 3.63) is 24.5 Å². The van der Waals surface area contributed by atoms with Crippen molar-refractivity contribution in [2.45, 2.75) is 18.9 Å². The molecule has 3 heteroatoms. The van der Waals surface area contributed by atoms with Crippen molar-refractivity contribution < 1.29 is 0 Å². The maximum Gasteiger partial charge on any atom is 0.0373 e. The number of rotatable bonds is 2. The predicted molar refractivity (Wildman–Crippen MR) is 58.4 cm³/mol. The molecule has 1 aliphatic rings. The fraction of sp³-hybridized carbons (Fsp3) is 0.545. The van der Waals surface area contributed by atoms with E-state index < -0.39 is 0 Å². The molecular formula is C11H17N3. The number of piperidine rings is 1. The molecule has 2 heterocycles. The second-order valence-electron chi connectivity index (χ2n) is 3.96. The van der Waals surface area contributed by atoms with Gasteiger partial charge in [-0.2, -0.15) is 0 Å². The second kappa shape index (κ2) is 4.42. The smallest absolute Gasteiger partial charge is 0.0373 e. The first-order chi connectivity index (χ1) is 6.84. The highest BCUT2D eigenvalue weighted by Crippen LogP contribution is 2.14. The number of nitrogens with zero attached hydrogens (tertiary/aromatic N) is 2. The standard InChI is InChI=1S/C11H17N3/c1-14-8-4-11(5-9-14)13-10-2-6-12-7-3-10/h2-3,6-7,11H,4-5,8-9H2,1H3,(H,12,13). The first kappa shape index (κ1) is 9.46. The van der Waals surface area contributed by atoms with Gasteiger partial charge < -0.3 is 10.2 Å². The Morgan fingerprint density at radius 1 is 1.29 bits per heavy atom. The molecule has 0 unspecified atom stereocenters. The summed E-state index contributed by atoms with van der Waals surface area (Å²) in [6.07, 6.45) is 6.13. The van der Waals surface area contributed by atoms with Crippen LogP contribution in [0.15, 0.2) is 24.5 Å². The van der Waals surface area contributed by atoms with E-state index >= 15 is 0 Å². The Morgan fingerprint density at radius 3 is 2.57 bits per heavy atom. The molecule has 0 atom stereocenters. The summed E-state index contributed by atoms with van der Waals surface area (Å²) in [7, 11) is 2.18. The number of hydrogen-bond acceptors (Lipinski definition) is 3. The van der Waals surface area contributed by atoms with Crippen LogP contribution in [0.3, 0.4) is 0 Å². The Hall–Kier alpha value is -1.09. The first-order valence-electron chi connectivity index (χ1n) is 5.20. The summed E-state index contributed by atoms with van der Waals surface area (Å²) >= 11 is 0. The van der Waals surface area contributed by atoms with Crippen LogP contribution in [0.25, 0.3) is 0 Å². The van der Waals surface area contributed by atoms with Crippen LogP contribution in [0.4, 0.5) is 5.69 Å². The van der Waals surface area contributed by atoms with Gasteiger partial charge in [-0.15, -0.1) is 0 Å². The van der Waals surface area contributed by atoms with Gasteiger partial charge in [0.05, 0.1) is 0 Å². The second-order valence-corrected chi connectivity index (χ2v) is 3.96. The van der Waals surface area contributed by atoms with Crippen LogP contribution in [0, 0.1) is 0 Å². The minimum atomic E-state index is 0.633. The van der Waals surface area contributed by atoms with Gasteiger partial charge >= 0.3 is 0 Å². The van der Waals surface area contributed by atoms with Gasteiger partial charge in [0, 0.05) is 24.1 Å². The van der Waals surface area contributed by atoms with E-state index in [1.807, 2.05) is 24.5 Å². The zero-order valence-electron chi connectivity index (χ0n) is 8.61. The van der Waals surface area contributed by atoms with Crippen molar-refractivity contribution in [1.82, 2.24) is 9.88 Å². The Balaban J connectivity index is 1.87. The normalized spacial score (nSPS) is 19.5. The summed E-state index contributed by atoms with van der Waals surface area (Å²) in [5.74, 6) is 0. The average Bonchev–Trinajstić information content (AvgIpc) is 2.23. The molecular weight excluding hydrogens is 174 g/mol. The average molecular weight is 191 g/mol. The van der Waals surface area contributed by atoms with Crippen molar-refractivity contribution in [2.24, 2.45) is 0 Å². The summed E-state index contributed by atoms with van der Waals surface area (Å²) in [5, 5.41) is 3.53. The minimum absolute atomic E-state index is 0.633. The van der Waals surface area contributed by atoms with Crippen LogP contribution < -0.4 is 5.32 Å². The van der Waals surface area contributed by atoms with E-state index in [4.69, 9.17) is 0 Å². The molecule has 0 aliphatic carbocycles. The summed E-state index contributed by atoms with van der Waals surface area (Å²) in [6, 6.07) is 4.69. The maximum absolute atomic E-state index is 4.00. The van der Waals surface area contributed by atoms with Crippen LogP contribution in [0.1, 0.15) is 12.8 Å². The third-order valence-electron chi connectivity index (χ3n) is 2.77. The molecule has 1 N–H and O–H groups in total. The third kappa shape index (κ3) is 2.45. The summed E-state index contributed by atoms with van der Waals surface area (Å²) in [4.78, 5) is 6.38. The Morgan fingerprint density at radius 2 is 1.93 bits per heavy atom. The van der Waals surface area contributed by atoms with Crippen LogP contribution in [-0.4, -0.2) is 36.1 Å². The van der Waals surface area contributed by atoms with Gasteiger partial charge in [-0.1, -0.05) is 0 Å². The lowest BCUT2D eigenvalue weighted by Gasteiger charge is -2.30. The molecule has 0 spiro atoms. The summed E-state index contributed by atoms with van der Waals surface area (Å²) < 4.78 is 0. The lowest BCUT2D eigenvalue weighted by atomic mass is 10.1. The molecule has 0 radical (unpaired) electrons. The van der Waals surface area contributed by atoms with E-state index in [2.05, 4.69) is 22.2 Å². The van der Waals surface area contributed by atoms with Crippen LogP contribution >= 0.6 is 0 Å². The van der Waals surface area contributed by atoms with Crippen LogP contribution in [0.5, 0.6) is 0 Å². The zero-order chi connectivity index (χ0) is 9.80. The maximum atomic E-state index is 4.00. The van der Waals surface area contributed by atoms with E-state index in [0.717, 1.165) is 0 Å². The van der Waals surface area contributed by atoms with Crippen molar-refractivity contribution in [1.29, 1.82) is 0 Å². The minimum Gasteiger partial charge on any atom is -0.382 e. The topological polar surface area (TPSA) is 28.2 Å². The highest BCUT2D eigenvalue weighted by atomic mass is 15.1. The van der Waals surface area contributed by atoms with Gasteiger partial charge in [0.25, 0.3) is 0 Å². The van der Waals surface area contributed by atoms with Gasteiger partial charge in [0.15, 0.2) is 0 Å². The SMILES string of the molecule is CN1CCC(Nc2ccncc2)CC1. The van der Waals surface area contributed by atoms with Gasteiger partial charge in [-0.05, 0) is 45.1 Å². The number of anilines is 1. The van der Waals surface area contributed by atoms with Crippen molar-refractivity contribution in [2.75, 3.05) is 25.5 Å². The number of pyridine rings is 1. The number of likely N-dealkylation sites (tertiary alicyclic amines) is 1. The third-order valence-corrected chi connectivity index (χ3v) is 2.77. The van der Waals surface area contributed by atoms with E-state index in [9.17, 15) is 0 Å². The largest absolute Gasteiger partial charge is 0.382 e. The fourth-order valence-electron chi connectivity index (χ4n) is 1.84. The number of aromatic nitrogens is 1. The monoisotopic (exact) mass is 191 g/mol. The van der Waals surface area contributed by atoms with Gasteiger partial charge in [-0.3, -0.25) is 4.98 Å². The molecule has 0 amide bonds. The van der Waals surface area contributed by atoms with Gasteiger partial charge in [-0.25, -0.2) is 0 Å².